The zero-order valence-electron chi connectivity index (χ0n) is 39.4. The Morgan fingerprint density at radius 1 is 0.358 bits per heavy atom. The molecule has 0 unspecified atom stereocenters. The topological polar surface area (TPSA) is 36.9 Å². The van der Waals surface area contributed by atoms with Crippen molar-refractivity contribution in [3.8, 4) is 0 Å². The SMILES string of the molecule is C.C.CC(C)(C)CCC[18F].CC(C)(C)OCCC[18F].CCCC(C)(C)C.CCCCCOC(C)(C)C.CCCOC(C)(C)C.CCCOCC(C)(C)C. The van der Waals surface area contributed by atoms with Crippen LogP contribution in [0.2, 0.25) is 0 Å². The van der Waals surface area contributed by atoms with E-state index in [9.17, 15) is 8.78 Å². The highest BCUT2D eigenvalue weighted by Gasteiger charge is 2.11. The summed E-state index contributed by atoms with van der Waals surface area (Å²) in [5.41, 5.74) is 1.18. The summed E-state index contributed by atoms with van der Waals surface area (Å²) < 4.78 is 44.5. The molecule has 0 spiro atoms. The first kappa shape index (κ1) is 70.5. The monoisotopic (exact) mass is 773 g/mol. The van der Waals surface area contributed by atoms with Crippen molar-refractivity contribution in [3.05, 3.63) is 0 Å². The lowest BCUT2D eigenvalue weighted by Gasteiger charge is -2.19. The molecule has 334 valence electrons. The number of hydrogen-bond acceptors (Lipinski definition) is 4. The summed E-state index contributed by atoms with van der Waals surface area (Å²) in [6.45, 7) is 50.5. The average molecular weight is 773 g/mol. The number of unbranched alkanes of at least 4 members (excludes halogenated alkanes) is 2. The third-order valence-electron chi connectivity index (χ3n) is 5.78. The minimum Gasteiger partial charge on any atom is -0.381 e. The first-order valence-corrected chi connectivity index (χ1v) is 20.5. The first-order valence-electron chi connectivity index (χ1n) is 20.5. The Hall–Kier alpha value is -0.300. The molecule has 0 radical (unpaired) electrons. The van der Waals surface area contributed by atoms with Gasteiger partial charge in [0, 0.05) is 26.4 Å². The van der Waals surface area contributed by atoms with Crippen LogP contribution in [0, 0.1) is 16.2 Å². The van der Waals surface area contributed by atoms with E-state index in [-0.39, 0.29) is 45.0 Å². The van der Waals surface area contributed by atoms with E-state index in [1.165, 1.54) is 32.1 Å². The fourth-order valence-electron chi connectivity index (χ4n) is 3.44. The van der Waals surface area contributed by atoms with Crippen molar-refractivity contribution in [2.45, 2.75) is 248 Å². The highest BCUT2D eigenvalue weighted by Crippen LogP contribution is 2.20. The second-order valence-corrected chi connectivity index (χ2v) is 19.9. The summed E-state index contributed by atoms with van der Waals surface area (Å²) in [5, 5.41) is 0. The zero-order chi connectivity index (χ0) is 41.8. The Bertz CT molecular complexity index is 602. The van der Waals surface area contributed by atoms with Gasteiger partial charge in [0.05, 0.1) is 36.8 Å². The van der Waals surface area contributed by atoms with E-state index < -0.39 is 0 Å². The molecule has 6 heteroatoms. The van der Waals surface area contributed by atoms with Crippen LogP contribution in [-0.4, -0.2) is 63.2 Å². The molecule has 0 N–H and O–H groups in total. The molecule has 0 bridgehead atoms. The lowest BCUT2D eigenvalue weighted by atomic mass is 9.91. The quantitative estimate of drug-likeness (QED) is 0.155. The van der Waals surface area contributed by atoms with Crippen molar-refractivity contribution < 1.29 is 27.7 Å². The van der Waals surface area contributed by atoms with E-state index in [0.29, 0.717) is 35.7 Å². The molecule has 0 saturated carbocycles. The van der Waals surface area contributed by atoms with Gasteiger partial charge in [-0.25, -0.2) is 0 Å². The minimum atomic E-state index is -0.282. The third kappa shape index (κ3) is 119. The Morgan fingerprint density at radius 3 is 0.925 bits per heavy atom. The summed E-state index contributed by atoms with van der Waals surface area (Å²) in [4.78, 5) is 0. The highest BCUT2D eigenvalue weighted by molar-refractivity contribution is 4.61. The molecule has 0 aromatic rings. The lowest BCUT2D eigenvalue weighted by molar-refractivity contribution is -0.00589. The van der Waals surface area contributed by atoms with Gasteiger partial charge in [-0.05, 0) is 124 Å². The number of alkyl halides is 2. The van der Waals surface area contributed by atoms with Gasteiger partial charge < -0.3 is 18.9 Å². The van der Waals surface area contributed by atoms with Gasteiger partial charge in [0.2, 0.25) is 0 Å². The van der Waals surface area contributed by atoms with Gasteiger partial charge in [-0.1, -0.05) is 124 Å². The third-order valence-corrected chi connectivity index (χ3v) is 5.78. The van der Waals surface area contributed by atoms with Crippen LogP contribution in [-0.2, 0) is 18.9 Å². The number of halogens is 2. The highest BCUT2D eigenvalue weighted by atomic mass is 18.2. The average Bonchev–Trinajstić information content (AvgIpc) is 2.92. The van der Waals surface area contributed by atoms with Crippen molar-refractivity contribution in [3.63, 3.8) is 0 Å². The van der Waals surface area contributed by atoms with Gasteiger partial charge >= 0.3 is 0 Å². The van der Waals surface area contributed by atoms with E-state index in [1.54, 1.807) is 0 Å². The van der Waals surface area contributed by atoms with Crippen LogP contribution < -0.4 is 0 Å². The van der Waals surface area contributed by atoms with Crippen molar-refractivity contribution in [2.24, 2.45) is 16.2 Å². The fraction of sp³-hybridized carbons (Fsp3) is 1.00. The Balaban J connectivity index is -0.0000000761. The van der Waals surface area contributed by atoms with Crippen LogP contribution in [0.5, 0.6) is 0 Å². The number of rotatable bonds is 15. The van der Waals surface area contributed by atoms with E-state index in [1.807, 2.05) is 20.8 Å². The van der Waals surface area contributed by atoms with Gasteiger partial charge in [0.15, 0.2) is 0 Å². The van der Waals surface area contributed by atoms with Gasteiger partial charge in [-0.2, -0.15) is 0 Å². The number of ether oxygens (including phenoxy) is 4. The van der Waals surface area contributed by atoms with E-state index >= 15 is 0 Å². The molecule has 0 aromatic heterocycles. The van der Waals surface area contributed by atoms with Crippen molar-refractivity contribution in [2.75, 3.05) is 46.4 Å². The molecule has 0 aliphatic rings. The predicted octanol–water partition coefficient (Wildman–Crippen LogP) is 16.7. The van der Waals surface area contributed by atoms with Gasteiger partial charge in [-0.3, -0.25) is 8.78 Å². The van der Waals surface area contributed by atoms with Crippen LogP contribution in [0.1, 0.15) is 231 Å². The largest absolute Gasteiger partial charge is 0.381 e. The lowest BCUT2D eigenvalue weighted by Crippen LogP contribution is -2.19. The molecular weight excluding hydrogens is 665 g/mol. The van der Waals surface area contributed by atoms with Gasteiger partial charge in [0.25, 0.3) is 0 Å². The molecule has 4 nitrogen and oxygen atoms in total. The summed E-state index contributed by atoms with van der Waals surface area (Å²) >= 11 is 0. The molecule has 0 rings (SSSR count). The van der Waals surface area contributed by atoms with E-state index in [2.05, 4.69) is 132 Å². The zero-order valence-corrected chi connectivity index (χ0v) is 39.4. The van der Waals surface area contributed by atoms with Crippen LogP contribution in [0.4, 0.5) is 8.78 Å². The van der Waals surface area contributed by atoms with E-state index in [4.69, 9.17) is 18.9 Å². The molecule has 0 aliphatic carbocycles. The maximum Gasteiger partial charge on any atom is 0.0916 e. The smallest absolute Gasteiger partial charge is 0.0916 e. The maximum atomic E-state index is 11.5. The Kier molecular flexibility index (Phi) is 55.0. The second-order valence-electron chi connectivity index (χ2n) is 19.9. The summed E-state index contributed by atoms with van der Waals surface area (Å²) in [6, 6.07) is 0. The molecule has 0 atom stereocenters. The Labute approximate surface area is 337 Å². The van der Waals surface area contributed by atoms with Crippen molar-refractivity contribution in [1.29, 1.82) is 0 Å². The number of hydrogen-bond donors (Lipinski definition) is 0. The summed E-state index contributed by atoms with van der Waals surface area (Å²) in [7, 11) is 0. The summed E-state index contributed by atoms with van der Waals surface area (Å²) in [6.07, 6.45) is 10.9. The van der Waals surface area contributed by atoms with Crippen molar-refractivity contribution >= 4 is 0 Å². The summed E-state index contributed by atoms with van der Waals surface area (Å²) in [5.74, 6) is 0. The molecule has 0 fully saturated rings. The molecule has 0 heterocycles. The molecule has 53 heavy (non-hydrogen) atoms. The Morgan fingerprint density at radius 2 is 0.717 bits per heavy atom. The molecule has 0 aliphatic heterocycles. The fourth-order valence-corrected chi connectivity index (χ4v) is 3.44. The van der Waals surface area contributed by atoms with Crippen LogP contribution in [0.15, 0.2) is 0 Å². The van der Waals surface area contributed by atoms with Crippen LogP contribution in [0.3, 0.4) is 0 Å². The maximum absolute atomic E-state index is 11.5. The molecule has 0 amide bonds. The molecular formula is C47H108F2O4. The van der Waals surface area contributed by atoms with Crippen molar-refractivity contribution in [1.82, 2.24) is 0 Å². The predicted molar refractivity (Wildman–Crippen MR) is 241 cm³/mol. The second kappa shape index (κ2) is 41.3. The standard InChI is InChI=1S/C9H20O.C8H18O.C7H15FO.C7H15F.C7H16O.C7H16.2CH4/c1-5-6-7-8-10-9(2,3)4;1-5-6-9-7-8(2,3)4;1-7(2,3)9-6-4-5-8;1-7(2,3)5-4-6-8;1-5-6-8-7(2,3)4;1-5-6-7(2,3)4;;/h5-8H2,1-4H3;5-7H2,1-4H3;4-6H2,1-3H3;4-6H2,1-3H3;5-6H2,1-4H3;5-6H2,1-4H3;2*1H4/i;;2*8-1;;;;. The van der Waals surface area contributed by atoms with Gasteiger partial charge in [-0.15, -0.1) is 0 Å². The van der Waals surface area contributed by atoms with E-state index in [0.717, 1.165) is 45.7 Å². The normalized spacial score (nSPS) is 11.5. The minimum absolute atomic E-state index is 0. The van der Waals surface area contributed by atoms with Crippen LogP contribution >= 0.6 is 0 Å². The van der Waals surface area contributed by atoms with Crippen LogP contribution in [0.25, 0.3) is 0 Å². The van der Waals surface area contributed by atoms with Gasteiger partial charge in [0.1, 0.15) is 0 Å². The first-order chi connectivity index (χ1) is 22.9. The molecule has 0 saturated heterocycles. The molecule has 0 aromatic carbocycles.